The molecule has 1 spiro atoms. The molecule has 0 radical (unpaired) electrons. The monoisotopic (exact) mass is 403 g/mol. The molecule has 3 unspecified atom stereocenters. The number of benzene rings is 2. The van der Waals surface area contributed by atoms with E-state index in [-0.39, 0.29) is 23.6 Å². The van der Waals surface area contributed by atoms with Crippen LogP contribution in [-0.4, -0.2) is 40.6 Å². The number of hydrogen-bond acceptors (Lipinski definition) is 5. The number of carbonyl (C=O) groups is 2. The van der Waals surface area contributed by atoms with Gasteiger partial charge in [-0.25, -0.2) is 4.79 Å². The predicted octanol–water partition coefficient (Wildman–Crippen LogP) is 3.25. The topological polar surface area (TPSA) is 66.6 Å². The van der Waals surface area contributed by atoms with Gasteiger partial charge >= 0.3 is 5.97 Å². The lowest BCUT2D eigenvalue weighted by Gasteiger charge is -2.43. The highest BCUT2D eigenvalue weighted by Gasteiger charge is 2.77. The molecule has 2 aromatic rings. The van der Waals surface area contributed by atoms with E-state index in [4.69, 9.17) is 4.74 Å². The number of carbonyl (C=O) groups excluding carboxylic acids is 2. The number of ketones is 1. The van der Waals surface area contributed by atoms with Gasteiger partial charge in [0.25, 0.3) is 0 Å². The maximum absolute atomic E-state index is 13.3. The number of ether oxygens (including phenoxy) is 1. The van der Waals surface area contributed by atoms with Crippen LogP contribution in [0.2, 0.25) is 0 Å². The van der Waals surface area contributed by atoms with Crippen molar-refractivity contribution in [3.63, 3.8) is 0 Å². The fraction of sp³-hybridized carbons (Fsp3) is 0.440. The van der Waals surface area contributed by atoms with E-state index in [0.29, 0.717) is 6.54 Å². The van der Waals surface area contributed by atoms with Gasteiger partial charge in [-0.2, -0.15) is 0 Å². The summed E-state index contributed by atoms with van der Waals surface area (Å²) in [6.07, 6.45) is 3.98. The smallest absolute Gasteiger partial charge is 0.334 e. The summed E-state index contributed by atoms with van der Waals surface area (Å²) in [5.41, 5.74) is -2.14. The lowest BCUT2D eigenvalue weighted by atomic mass is 9.64. The van der Waals surface area contributed by atoms with Crippen molar-refractivity contribution in [1.82, 2.24) is 0 Å². The fourth-order valence-corrected chi connectivity index (χ4v) is 6.49. The zero-order valence-electron chi connectivity index (χ0n) is 17.2. The van der Waals surface area contributed by atoms with Gasteiger partial charge in [0.15, 0.2) is 11.3 Å². The molecule has 0 aromatic heterocycles. The summed E-state index contributed by atoms with van der Waals surface area (Å²) < 4.78 is 5.99. The Balaban J connectivity index is 1.46. The second-order valence-electron chi connectivity index (χ2n) is 9.64. The van der Waals surface area contributed by atoms with E-state index in [2.05, 4.69) is 29.2 Å². The van der Waals surface area contributed by atoms with Crippen molar-refractivity contribution in [2.75, 3.05) is 11.4 Å². The average molecular weight is 403 g/mol. The Morgan fingerprint density at radius 1 is 1.10 bits per heavy atom. The van der Waals surface area contributed by atoms with E-state index in [1.54, 1.807) is 13.0 Å². The second-order valence-corrected chi connectivity index (χ2v) is 9.64. The molecule has 2 aromatic carbocycles. The predicted molar refractivity (Wildman–Crippen MR) is 113 cm³/mol. The molecule has 4 aliphatic rings. The first-order chi connectivity index (χ1) is 14.3. The Kier molecular flexibility index (Phi) is 3.34. The van der Waals surface area contributed by atoms with Crippen molar-refractivity contribution in [3.05, 3.63) is 54.6 Å². The van der Waals surface area contributed by atoms with Crippen LogP contribution in [0, 0.1) is 17.3 Å². The Hall–Kier alpha value is -2.66. The summed E-state index contributed by atoms with van der Waals surface area (Å²) in [5, 5.41) is 13.8. The highest BCUT2D eigenvalue weighted by atomic mass is 16.6. The van der Waals surface area contributed by atoms with Crippen LogP contribution in [-0.2, 0) is 14.3 Å². The lowest BCUT2D eigenvalue weighted by molar-refractivity contribution is -0.166. The molecule has 5 heteroatoms. The highest BCUT2D eigenvalue weighted by molar-refractivity contribution is 6.04. The van der Waals surface area contributed by atoms with E-state index in [1.165, 1.54) is 6.08 Å². The Morgan fingerprint density at radius 3 is 2.70 bits per heavy atom. The van der Waals surface area contributed by atoms with Crippen molar-refractivity contribution in [3.8, 4) is 0 Å². The first-order valence-electron chi connectivity index (χ1n) is 10.8. The van der Waals surface area contributed by atoms with Gasteiger partial charge in [0, 0.05) is 17.0 Å². The van der Waals surface area contributed by atoms with Gasteiger partial charge in [-0.15, -0.1) is 0 Å². The molecule has 3 fully saturated rings. The van der Waals surface area contributed by atoms with Crippen molar-refractivity contribution >= 4 is 28.2 Å². The zero-order chi connectivity index (χ0) is 20.9. The molecule has 5 nitrogen and oxygen atoms in total. The minimum atomic E-state index is -1.28. The van der Waals surface area contributed by atoms with Gasteiger partial charge in [-0.3, -0.25) is 4.79 Å². The number of esters is 1. The van der Waals surface area contributed by atoms with Crippen LogP contribution in [0.15, 0.2) is 54.6 Å². The van der Waals surface area contributed by atoms with Crippen molar-refractivity contribution in [2.45, 2.75) is 43.9 Å². The van der Waals surface area contributed by atoms with Crippen molar-refractivity contribution in [1.29, 1.82) is 0 Å². The second kappa shape index (κ2) is 5.52. The standard InChI is InChI=1S/C25H25NO4/c1-15-10-11-18-21(23(2)20(27)12-13-25(15,23)29)30-22(28)24(18)14-26(24)19-9-5-7-16-6-3-4-8-17(16)19/h3-9,12-13,15,18,21,29H,10-11,14H2,1-2H3/t15-,18?,21?,23-,24?,25+,26?/m0/s1. The van der Waals surface area contributed by atoms with Crippen molar-refractivity contribution in [2.24, 2.45) is 17.3 Å². The Bertz CT molecular complexity index is 1140. The molecule has 1 N–H and O–H groups in total. The minimum Gasteiger partial charge on any atom is -0.459 e. The largest absolute Gasteiger partial charge is 0.459 e. The van der Waals surface area contributed by atoms with Crippen LogP contribution in [0.4, 0.5) is 5.69 Å². The molecule has 0 amide bonds. The minimum absolute atomic E-state index is 0.0868. The van der Waals surface area contributed by atoms with Crippen LogP contribution in [0.5, 0.6) is 0 Å². The molecule has 154 valence electrons. The zero-order valence-corrected chi connectivity index (χ0v) is 17.2. The van der Waals surface area contributed by atoms with Gasteiger partial charge in [0.2, 0.25) is 0 Å². The van der Waals surface area contributed by atoms with E-state index >= 15 is 0 Å². The van der Waals surface area contributed by atoms with Gasteiger partial charge < -0.3 is 14.7 Å². The van der Waals surface area contributed by atoms with Gasteiger partial charge in [-0.05, 0) is 49.3 Å². The number of allylic oxidation sites excluding steroid dienone is 1. The normalized spacial score (nSPS) is 41.7. The molecule has 2 aliphatic heterocycles. The first-order valence-corrected chi connectivity index (χ1v) is 10.8. The van der Waals surface area contributed by atoms with Gasteiger partial charge in [0.1, 0.15) is 11.7 Å². The third kappa shape index (κ3) is 1.88. The Morgan fingerprint density at radius 2 is 1.87 bits per heavy atom. The molecule has 6 atom stereocenters. The van der Waals surface area contributed by atoms with E-state index in [1.807, 2.05) is 25.1 Å². The molecule has 0 bridgehead atoms. The average Bonchev–Trinajstić information content (AvgIpc) is 3.38. The molecular formula is C25H25NO4. The summed E-state index contributed by atoms with van der Waals surface area (Å²) in [7, 11) is 0. The Labute approximate surface area is 175 Å². The van der Waals surface area contributed by atoms with Crippen LogP contribution in [0.1, 0.15) is 26.7 Å². The number of rotatable bonds is 1. The van der Waals surface area contributed by atoms with Gasteiger partial charge in [-0.1, -0.05) is 43.3 Å². The quantitative estimate of drug-likeness (QED) is 0.585. The van der Waals surface area contributed by atoms with E-state index in [0.717, 1.165) is 29.3 Å². The lowest BCUT2D eigenvalue weighted by Crippen LogP contribution is -2.57. The third-order valence-electron chi connectivity index (χ3n) is 8.46. The van der Waals surface area contributed by atoms with E-state index < -0.39 is 22.7 Å². The number of hydrogen-bond donors (Lipinski definition) is 1. The summed E-state index contributed by atoms with van der Waals surface area (Å²) in [6.45, 7) is 4.36. The summed E-state index contributed by atoms with van der Waals surface area (Å²) in [5.74, 6) is -0.621. The number of aliphatic hydroxyl groups is 1. The van der Waals surface area contributed by atoms with Crippen LogP contribution >= 0.6 is 0 Å². The number of nitrogens with zero attached hydrogens (tertiary/aromatic N) is 1. The molecule has 2 aliphatic carbocycles. The molecular weight excluding hydrogens is 378 g/mol. The van der Waals surface area contributed by atoms with E-state index in [9.17, 15) is 14.7 Å². The maximum Gasteiger partial charge on any atom is 0.334 e. The van der Waals surface area contributed by atoms with Crippen LogP contribution < -0.4 is 4.90 Å². The molecule has 6 rings (SSSR count). The number of fused-ring (bicyclic) bond motifs is 5. The van der Waals surface area contributed by atoms with Crippen LogP contribution in [0.25, 0.3) is 10.8 Å². The molecule has 1 saturated carbocycles. The third-order valence-corrected chi connectivity index (χ3v) is 8.46. The summed E-state index contributed by atoms with van der Waals surface area (Å²) in [6, 6.07) is 14.3. The van der Waals surface area contributed by atoms with Crippen molar-refractivity contribution < 1.29 is 19.4 Å². The van der Waals surface area contributed by atoms with Crippen LogP contribution in [0.3, 0.4) is 0 Å². The highest BCUT2D eigenvalue weighted by Crippen LogP contribution is 2.62. The summed E-state index contributed by atoms with van der Waals surface area (Å²) in [4.78, 5) is 28.4. The van der Waals surface area contributed by atoms with Gasteiger partial charge in [0.05, 0.1) is 12.0 Å². The summed E-state index contributed by atoms with van der Waals surface area (Å²) >= 11 is 0. The SMILES string of the molecule is C[C@H]1CCC2C(OC(=O)C23CN3c2cccc3ccccc23)[C@]2(C)C(=O)C=C[C@@]12O. The molecule has 2 heterocycles. The fourth-order valence-electron chi connectivity index (χ4n) is 6.49. The number of anilines is 1. The first kappa shape index (κ1) is 18.1. The molecule has 30 heavy (non-hydrogen) atoms. The molecule has 2 saturated heterocycles. The maximum atomic E-state index is 13.3.